The van der Waals surface area contributed by atoms with Gasteiger partial charge in [0, 0.05) is 0 Å². The highest BCUT2D eigenvalue weighted by atomic mass is 79.9. The van der Waals surface area contributed by atoms with Crippen molar-refractivity contribution in [2.75, 3.05) is 6.61 Å². The molecule has 1 fully saturated rings. The Morgan fingerprint density at radius 3 is 1.83 bits per heavy atom. The molecule has 4 rings (SSSR count). The number of hydrogen-bond donors (Lipinski definition) is 0. The van der Waals surface area contributed by atoms with Gasteiger partial charge in [0.25, 0.3) is 10.1 Å². The lowest BCUT2D eigenvalue weighted by atomic mass is 10.1. The largest absolute Gasteiger partial charge is 0.452 e. The Labute approximate surface area is 217 Å². The molecule has 1 saturated heterocycles. The molecule has 3 aromatic carbocycles. The number of carbonyl (C=O) groups is 2. The van der Waals surface area contributed by atoms with Crippen molar-refractivity contribution in [3.05, 3.63) is 102 Å². The zero-order chi connectivity index (χ0) is 25.7. The maximum atomic E-state index is 12.8. The van der Waals surface area contributed by atoms with E-state index in [1.807, 2.05) is 6.92 Å². The zero-order valence-electron chi connectivity index (χ0n) is 19.2. The molecule has 0 radical (unpaired) electrons. The van der Waals surface area contributed by atoms with Crippen LogP contribution in [0.1, 0.15) is 26.3 Å². The second-order valence-electron chi connectivity index (χ2n) is 8.05. The fraction of sp³-hybridized carbons (Fsp3) is 0.231. The van der Waals surface area contributed by atoms with Gasteiger partial charge in [0.05, 0.1) is 22.6 Å². The van der Waals surface area contributed by atoms with E-state index >= 15 is 0 Å². The Morgan fingerprint density at radius 1 is 0.806 bits per heavy atom. The number of hydrogen-bond acceptors (Lipinski definition) is 8. The molecule has 1 heterocycles. The molecule has 0 spiro atoms. The summed E-state index contributed by atoms with van der Waals surface area (Å²) in [4.78, 5) is 25.5. The molecular weight excluding hydrogens is 552 g/mol. The van der Waals surface area contributed by atoms with Crippen LogP contribution in [0.5, 0.6) is 0 Å². The first-order valence-electron chi connectivity index (χ1n) is 11.0. The molecular formula is C26H23BrO8S. The van der Waals surface area contributed by atoms with E-state index in [0.29, 0.717) is 5.56 Å². The van der Waals surface area contributed by atoms with Gasteiger partial charge in [-0.15, -0.1) is 0 Å². The first-order valence-corrected chi connectivity index (χ1v) is 13.3. The van der Waals surface area contributed by atoms with Crippen molar-refractivity contribution in [2.24, 2.45) is 0 Å². The lowest BCUT2D eigenvalue weighted by molar-refractivity contribution is -0.0360. The standard InChI is InChI=1S/C26H23BrO8S/c1-17-12-14-20(15-13-17)36(30,31)32-16-21-22(34-25(28)18-8-4-2-5-9-18)23(24(27)33-21)35-26(29)19-10-6-3-7-11-19/h2-15,21-24H,16H2,1H3/t21-,22-,23+,24+/m1/s1. The van der Waals surface area contributed by atoms with E-state index in [1.165, 1.54) is 12.1 Å². The van der Waals surface area contributed by atoms with E-state index in [2.05, 4.69) is 15.9 Å². The van der Waals surface area contributed by atoms with Gasteiger partial charge >= 0.3 is 11.9 Å². The van der Waals surface area contributed by atoms with Gasteiger partial charge in [-0.25, -0.2) is 9.59 Å². The number of benzene rings is 3. The van der Waals surface area contributed by atoms with Crippen LogP contribution < -0.4 is 0 Å². The summed E-state index contributed by atoms with van der Waals surface area (Å²) in [6, 6.07) is 22.7. The number of esters is 2. The summed E-state index contributed by atoms with van der Waals surface area (Å²) in [5.74, 6) is -1.33. The molecule has 10 heteroatoms. The molecule has 0 amide bonds. The first-order chi connectivity index (χ1) is 17.2. The number of aryl methyl sites for hydroxylation is 1. The Kier molecular flexibility index (Phi) is 8.20. The summed E-state index contributed by atoms with van der Waals surface area (Å²) >= 11 is 3.31. The minimum atomic E-state index is -4.11. The third-order valence-electron chi connectivity index (χ3n) is 5.46. The van der Waals surface area contributed by atoms with Gasteiger partial charge in [0.15, 0.2) is 17.2 Å². The molecule has 0 aliphatic carbocycles. The van der Waals surface area contributed by atoms with Gasteiger partial charge in [-0.05, 0) is 43.3 Å². The molecule has 0 N–H and O–H groups in total. The molecule has 0 bridgehead atoms. The van der Waals surface area contributed by atoms with Crippen molar-refractivity contribution < 1.29 is 36.4 Å². The van der Waals surface area contributed by atoms with E-state index in [0.717, 1.165) is 5.56 Å². The SMILES string of the molecule is Cc1ccc(S(=O)(=O)OC[C@H]2O[C@H](Br)[C@@H](OC(=O)c3ccccc3)[C@@H]2OC(=O)c2ccccc2)cc1. The number of carbonyl (C=O) groups excluding carboxylic acids is 2. The molecule has 36 heavy (non-hydrogen) atoms. The second-order valence-corrected chi connectivity index (χ2v) is 10.6. The van der Waals surface area contributed by atoms with Crippen LogP contribution in [0.2, 0.25) is 0 Å². The molecule has 4 atom stereocenters. The molecule has 3 aromatic rings. The smallest absolute Gasteiger partial charge is 0.338 e. The van der Waals surface area contributed by atoms with Crippen LogP contribution in [-0.2, 0) is 28.5 Å². The van der Waals surface area contributed by atoms with Crippen molar-refractivity contribution in [2.45, 2.75) is 35.1 Å². The van der Waals surface area contributed by atoms with Crippen molar-refractivity contribution >= 4 is 38.0 Å². The summed E-state index contributed by atoms with van der Waals surface area (Å²) in [5, 5.41) is -0.880. The van der Waals surface area contributed by atoms with Crippen molar-refractivity contribution in [3.8, 4) is 0 Å². The Balaban J connectivity index is 1.54. The molecule has 0 aromatic heterocycles. The van der Waals surface area contributed by atoms with Gasteiger partial charge < -0.3 is 14.2 Å². The van der Waals surface area contributed by atoms with E-state index in [-0.39, 0.29) is 10.5 Å². The zero-order valence-corrected chi connectivity index (χ0v) is 21.6. The summed E-state index contributed by atoms with van der Waals surface area (Å²) in [5.41, 5.74) is 1.47. The van der Waals surface area contributed by atoms with E-state index in [9.17, 15) is 18.0 Å². The van der Waals surface area contributed by atoms with Crippen LogP contribution in [0.15, 0.2) is 89.8 Å². The van der Waals surface area contributed by atoms with Crippen LogP contribution in [0.25, 0.3) is 0 Å². The topological polar surface area (TPSA) is 105 Å². The van der Waals surface area contributed by atoms with Crippen LogP contribution in [0, 0.1) is 6.92 Å². The monoisotopic (exact) mass is 574 g/mol. The van der Waals surface area contributed by atoms with Crippen LogP contribution >= 0.6 is 15.9 Å². The normalized spacial score (nSPS) is 21.6. The lowest BCUT2D eigenvalue weighted by Crippen LogP contribution is -2.41. The Morgan fingerprint density at radius 2 is 1.31 bits per heavy atom. The first kappa shape index (κ1) is 26.0. The molecule has 8 nitrogen and oxygen atoms in total. The van der Waals surface area contributed by atoms with Crippen molar-refractivity contribution in [1.82, 2.24) is 0 Å². The fourth-order valence-electron chi connectivity index (χ4n) is 3.54. The minimum absolute atomic E-state index is 0.0219. The molecule has 1 aliphatic heterocycles. The van der Waals surface area contributed by atoms with Crippen molar-refractivity contribution in [3.63, 3.8) is 0 Å². The summed E-state index contributed by atoms with van der Waals surface area (Å²) < 4.78 is 47.7. The number of rotatable bonds is 8. The summed E-state index contributed by atoms with van der Waals surface area (Å²) in [7, 11) is -4.11. The van der Waals surface area contributed by atoms with E-state index < -0.39 is 52.0 Å². The molecule has 0 saturated carbocycles. The highest BCUT2D eigenvalue weighted by molar-refractivity contribution is 9.09. The minimum Gasteiger partial charge on any atom is -0.452 e. The average Bonchev–Trinajstić information content (AvgIpc) is 3.17. The van der Waals surface area contributed by atoms with Crippen LogP contribution in [0.3, 0.4) is 0 Å². The van der Waals surface area contributed by atoms with Gasteiger partial charge in [0.1, 0.15) is 6.10 Å². The molecule has 1 aliphatic rings. The predicted octanol–water partition coefficient (Wildman–Crippen LogP) is 4.27. The fourth-order valence-corrected chi connectivity index (χ4v) is 5.15. The Bertz CT molecular complexity index is 1300. The number of ether oxygens (including phenoxy) is 3. The third kappa shape index (κ3) is 6.19. The summed E-state index contributed by atoms with van der Waals surface area (Å²) in [6.07, 6.45) is -3.26. The number of halogens is 1. The van der Waals surface area contributed by atoms with Gasteiger partial charge in [-0.1, -0.05) is 70.0 Å². The predicted molar refractivity (Wildman–Crippen MR) is 133 cm³/mol. The van der Waals surface area contributed by atoms with Crippen molar-refractivity contribution in [1.29, 1.82) is 0 Å². The van der Waals surface area contributed by atoms with Gasteiger partial charge in [0.2, 0.25) is 0 Å². The average molecular weight is 575 g/mol. The Hall–Kier alpha value is -3.05. The van der Waals surface area contributed by atoms with Gasteiger partial charge in [-0.3, -0.25) is 4.18 Å². The maximum absolute atomic E-state index is 12.8. The molecule has 0 unspecified atom stereocenters. The maximum Gasteiger partial charge on any atom is 0.338 e. The lowest BCUT2D eigenvalue weighted by Gasteiger charge is -2.23. The number of alkyl halides is 1. The van der Waals surface area contributed by atoms with Crippen LogP contribution in [0.4, 0.5) is 0 Å². The summed E-state index contributed by atoms with van der Waals surface area (Å²) in [6.45, 7) is 1.37. The second kappa shape index (κ2) is 11.3. The van der Waals surface area contributed by atoms with Gasteiger partial charge in [-0.2, -0.15) is 8.42 Å². The van der Waals surface area contributed by atoms with Crippen LogP contribution in [-0.4, -0.2) is 50.3 Å². The van der Waals surface area contributed by atoms with E-state index in [1.54, 1.807) is 72.8 Å². The quantitative estimate of drug-likeness (QED) is 0.223. The highest BCUT2D eigenvalue weighted by Gasteiger charge is 2.49. The third-order valence-corrected chi connectivity index (χ3v) is 7.49. The van der Waals surface area contributed by atoms with E-state index in [4.69, 9.17) is 18.4 Å². The highest BCUT2D eigenvalue weighted by Crippen LogP contribution is 2.32. The molecule has 188 valence electrons.